The van der Waals surface area contributed by atoms with Crippen molar-refractivity contribution in [1.82, 2.24) is 10.3 Å². The third-order valence-corrected chi connectivity index (χ3v) is 7.31. The molecule has 166 valence electrons. The summed E-state index contributed by atoms with van der Waals surface area (Å²) in [6.45, 7) is 1.98. The molecule has 9 heteroatoms. The van der Waals surface area contributed by atoms with Crippen LogP contribution in [0, 0.1) is 5.92 Å². The van der Waals surface area contributed by atoms with Crippen LogP contribution in [0.25, 0.3) is 0 Å². The zero-order valence-corrected chi connectivity index (χ0v) is 19.8. The first-order valence-electron chi connectivity index (χ1n) is 10.5. The summed E-state index contributed by atoms with van der Waals surface area (Å²) in [4.78, 5) is 33.2. The Morgan fingerprint density at radius 1 is 1.39 bits per heavy atom. The van der Waals surface area contributed by atoms with Crippen LogP contribution in [0.4, 0.5) is 5.69 Å². The Bertz CT molecular complexity index is 945. The molecule has 0 saturated heterocycles. The van der Waals surface area contributed by atoms with Crippen LogP contribution in [0.1, 0.15) is 46.7 Å². The van der Waals surface area contributed by atoms with Crippen LogP contribution in [-0.4, -0.2) is 43.2 Å². The predicted molar refractivity (Wildman–Crippen MR) is 123 cm³/mol. The molecule has 3 heterocycles. The second-order valence-electron chi connectivity index (χ2n) is 7.95. The summed E-state index contributed by atoms with van der Waals surface area (Å²) in [6, 6.07) is 5.18. The number of ether oxygens (including phenoxy) is 2. The van der Waals surface area contributed by atoms with Crippen LogP contribution in [0.2, 0.25) is 0 Å². The molecule has 7 nitrogen and oxygen atoms in total. The Kier molecular flexibility index (Phi) is 7.12. The molecule has 0 aromatic carbocycles. The van der Waals surface area contributed by atoms with Crippen molar-refractivity contribution in [2.75, 3.05) is 25.2 Å². The van der Waals surface area contributed by atoms with E-state index < -0.39 is 6.04 Å². The fourth-order valence-corrected chi connectivity index (χ4v) is 5.47. The summed E-state index contributed by atoms with van der Waals surface area (Å²) in [5, 5.41) is 2.90. The summed E-state index contributed by atoms with van der Waals surface area (Å²) in [7, 11) is 1.37. The standard InChI is InChI=1S/C22H26BrN3O4S/c1-29-22(28)17(10-14-4-2-3-5-14)25-20(27)19-7-6-16(31-19)13-26-8-9-30-21-18(26)11-15(23)12-24-21/h6-7,11-12,14,17H,2-5,8-10,13H2,1H3,(H,25,27)/t17-/m0/s1. The molecule has 1 aliphatic carbocycles. The van der Waals surface area contributed by atoms with Gasteiger partial charge in [-0.1, -0.05) is 25.7 Å². The van der Waals surface area contributed by atoms with Gasteiger partial charge in [0.25, 0.3) is 5.91 Å². The molecular weight excluding hydrogens is 482 g/mol. The number of amides is 1. The molecule has 0 bridgehead atoms. The summed E-state index contributed by atoms with van der Waals surface area (Å²) in [5.41, 5.74) is 0.933. The Balaban J connectivity index is 1.41. The molecule has 2 aromatic rings. The number of fused-ring (bicyclic) bond motifs is 1. The third kappa shape index (κ3) is 5.38. The first kappa shape index (κ1) is 22.1. The largest absolute Gasteiger partial charge is 0.474 e. The molecule has 1 aliphatic heterocycles. The molecule has 1 saturated carbocycles. The highest BCUT2D eigenvalue weighted by Gasteiger charge is 2.28. The smallest absolute Gasteiger partial charge is 0.328 e. The number of thiophene rings is 1. The third-order valence-electron chi connectivity index (χ3n) is 5.81. The number of nitrogens with one attached hydrogen (secondary N) is 1. The fourth-order valence-electron chi connectivity index (χ4n) is 4.23. The lowest BCUT2D eigenvalue weighted by molar-refractivity contribution is -0.143. The first-order valence-corrected chi connectivity index (χ1v) is 12.1. The van der Waals surface area contributed by atoms with Gasteiger partial charge in [0.15, 0.2) is 0 Å². The average molecular weight is 508 g/mol. The maximum absolute atomic E-state index is 12.8. The number of rotatable bonds is 7. The fraction of sp³-hybridized carbons (Fsp3) is 0.500. The van der Waals surface area contributed by atoms with Crippen molar-refractivity contribution in [1.29, 1.82) is 0 Å². The Hall–Kier alpha value is -2.13. The van der Waals surface area contributed by atoms with Crippen LogP contribution in [0.3, 0.4) is 0 Å². The van der Waals surface area contributed by atoms with Gasteiger partial charge >= 0.3 is 5.97 Å². The van der Waals surface area contributed by atoms with Gasteiger partial charge in [-0.15, -0.1) is 11.3 Å². The van der Waals surface area contributed by atoms with Gasteiger partial charge in [-0.2, -0.15) is 0 Å². The molecule has 1 fully saturated rings. The van der Waals surface area contributed by atoms with E-state index in [-0.39, 0.29) is 11.9 Å². The van der Waals surface area contributed by atoms with E-state index in [1.165, 1.54) is 31.3 Å². The minimum absolute atomic E-state index is 0.226. The summed E-state index contributed by atoms with van der Waals surface area (Å²) in [5.74, 6) is 0.492. The van der Waals surface area contributed by atoms with Gasteiger partial charge in [-0.05, 0) is 46.5 Å². The van der Waals surface area contributed by atoms with Gasteiger partial charge < -0.3 is 19.7 Å². The molecule has 1 atom stereocenters. The monoisotopic (exact) mass is 507 g/mol. The van der Waals surface area contributed by atoms with E-state index >= 15 is 0 Å². The number of pyridine rings is 1. The summed E-state index contributed by atoms with van der Waals surface area (Å²) >= 11 is 4.90. The number of esters is 1. The quantitative estimate of drug-likeness (QED) is 0.566. The number of carbonyl (C=O) groups is 2. The number of halogens is 1. The highest BCUT2D eigenvalue weighted by Crippen LogP contribution is 2.34. The lowest BCUT2D eigenvalue weighted by Gasteiger charge is -2.30. The van der Waals surface area contributed by atoms with Crippen molar-refractivity contribution in [3.05, 3.63) is 38.6 Å². The Morgan fingerprint density at radius 2 is 2.19 bits per heavy atom. The van der Waals surface area contributed by atoms with Gasteiger partial charge in [0.2, 0.25) is 5.88 Å². The highest BCUT2D eigenvalue weighted by atomic mass is 79.9. The van der Waals surface area contributed by atoms with Gasteiger partial charge in [0, 0.05) is 15.5 Å². The van der Waals surface area contributed by atoms with E-state index in [1.807, 2.05) is 18.2 Å². The number of hydrogen-bond donors (Lipinski definition) is 1. The summed E-state index contributed by atoms with van der Waals surface area (Å²) in [6.07, 6.45) is 6.97. The van der Waals surface area contributed by atoms with Crippen molar-refractivity contribution >= 4 is 44.8 Å². The van der Waals surface area contributed by atoms with Crippen molar-refractivity contribution < 1.29 is 19.1 Å². The Morgan fingerprint density at radius 3 is 2.97 bits per heavy atom. The topological polar surface area (TPSA) is 80.8 Å². The molecule has 1 N–H and O–H groups in total. The molecule has 0 radical (unpaired) electrons. The molecule has 4 rings (SSSR count). The number of aromatic nitrogens is 1. The van der Waals surface area contributed by atoms with Crippen LogP contribution >= 0.6 is 27.3 Å². The maximum atomic E-state index is 12.8. The van der Waals surface area contributed by atoms with Crippen molar-refractivity contribution in [2.45, 2.75) is 44.7 Å². The van der Waals surface area contributed by atoms with E-state index in [4.69, 9.17) is 9.47 Å². The first-order chi connectivity index (χ1) is 15.0. The minimum Gasteiger partial charge on any atom is -0.474 e. The van der Waals surface area contributed by atoms with Crippen molar-refractivity contribution in [3.8, 4) is 5.88 Å². The number of methoxy groups -OCH3 is 1. The molecule has 31 heavy (non-hydrogen) atoms. The predicted octanol–water partition coefficient (Wildman–Crippen LogP) is 4.16. The molecule has 2 aliphatic rings. The number of nitrogens with zero attached hydrogens (tertiary/aromatic N) is 2. The molecular formula is C22H26BrN3O4S. The van der Waals surface area contributed by atoms with Crippen LogP contribution in [-0.2, 0) is 16.1 Å². The normalized spacial score (nSPS) is 17.0. The summed E-state index contributed by atoms with van der Waals surface area (Å²) < 4.78 is 11.5. The van der Waals surface area contributed by atoms with Gasteiger partial charge in [0.1, 0.15) is 18.3 Å². The Labute approximate surface area is 194 Å². The van der Waals surface area contributed by atoms with Crippen LogP contribution < -0.4 is 15.0 Å². The van der Waals surface area contributed by atoms with Gasteiger partial charge in [-0.3, -0.25) is 4.79 Å². The molecule has 2 aromatic heterocycles. The van der Waals surface area contributed by atoms with E-state index in [0.29, 0.717) is 36.2 Å². The lowest BCUT2D eigenvalue weighted by atomic mass is 9.98. The van der Waals surface area contributed by atoms with Gasteiger partial charge in [0.05, 0.1) is 25.1 Å². The number of hydrogen-bond acceptors (Lipinski definition) is 7. The maximum Gasteiger partial charge on any atom is 0.328 e. The van der Waals surface area contributed by atoms with Crippen molar-refractivity contribution in [3.63, 3.8) is 0 Å². The SMILES string of the molecule is COC(=O)[C@H](CC1CCCC1)NC(=O)c1ccc(CN2CCOc3ncc(Br)cc32)s1. The zero-order chi connectivity index (χ0) is 21.8. The van der Waals surface area contributed by atoms with Crippen molar-refractivity contribution in [2.24, 2.45) is 5.92 Å². The second-order valence-corrected chi connectivity index (χ2v) is 10.0. The minimum atomic E-state index is -0.597. The van der Waals surface area contributed by atoms with E-state index in [1.54, 1.807) is 6.20 Å². The number of anilines is 1. The number of carbonyl (C=O) groups excluding carboxylic acids is 2. The molecule has 1 amide bonds. The van der Waals surface area contributed by atoms with Crippen LogP contribution in [0.5, 0.6) is 5.88 Å². The van der Waals surface area contributed by atoms with Gasteiger partial charge in [-0.25, -0.2) is 9.78 Å². The highest BCUT2D eigenvalue weighted by molar-refractivity contribution is 9.10. The molecule has 0 spiro atoms. The van der Waals surface area contributed by atoms with Crippen LogP contribution in [0.15, 0.2) is 28.9 Å². The lowest BCUT2D eigenvalue weighted by Crippen LogP contribution is -2.42. The second kappa shape index (κ2) is 9.99. The van der Waals surface area contributed by atoms with E-state index in [0.717, 1.165) is 34.4 Å². The van der Waals surface area contributed by atoms with E-state index in [9.17, 15) is 9.59 Å². The van der Waals surface area contributed by atoms with E-state index in [2.05, 4.69) is 31.1 Å². The average Bonchev–Trinajstić information content (AvgIpc) is 3.45. The zero-order valence-electron chi connectivity index (χ0n) is 17.4. The molecule has 0 unspecified atom stereocenters.